The quantitative estimate of drug-likeness (QED) is 0.631. The van der Waals surface area contributed by atoms with Crippen molar-refractivity contribution in [2.75, 3.05) is 13.2 Å². The number of aliphatic hydroxyl groups is 1. The Bertz CT molecular complexity index is 453. The first-order valence-corrected chi connectivity index (χ1v) is 6.30. The largest absolute Gasteiger partial charge is 0.381 e. The van der Waals surface area contributed by atoms with Gasteiger partial charge in [-0.3, -0.25) is 0 Å². The van der Waals surface area contributed by atoms with E-state index in [0.29, 0.717) is 37.7 Å². The molecule has 2 heterocycles. The van der Waals surface area contributed by atoms with Crippen molar-refractivity contribution < 1.29 is 42.6 Å². The third kappa shape index (κ3) is 4.97. The third-order valence-corrected chi connectivity index (χ3v) is 3.08. The van der Waals surface area contributed by atoms with Gasteiger partial charge in [0.2, 0.25) is 0 Å². The van der Waals surface area contributed by atoms with Crippen LogP contribution in [0, 0.1) is 17.9 Å². The van der Waals surface area contributed by atoms with Gasteiger partial charge in [0, 0.05) is 45.6 Å². The molecule has 1 aromatic heterocycles. The molecule has 19 heavy (non-hydrogen) atoms. The van der Waals surface area contributed by atoms with Crippen LogP contribution in [0.1, 0.15) is 43.9 Å². The van der Waals surface area contributed by atoms with Crippen LogP contribution in [0.25, 0.3) is 0 Å². The maximum Gasteiger partial charge on any atom is 0.129 e. The Labute approximate surface area is 140 Å². The van der Waals surface area contributed by atoms with Gasteiger partial charge in [0.25, 0.3) is 0 Å². The molecule has 0 saturated carbocycles. The van der Waals surface area contributed by atoms with Crippen molar-refractivity contribution in [2.24, 2.45) is 0 Å². The van der Waals surface area contributed by atoms with Crippen LogP contribution in [0.2, 0.25) is 0 Å². The minimum absolute atomic E-state index is 0. The van der Waals surface area contributed by atoms with E-state index in [1.54, 1.807) is 12.3 Å². The van der Waals surface area contributed by atoms with Crippen LogP contribution in [-0.2, 0) is 37.4 Å². The smallest absolute Gasteiger partial charge is 0.129 e. The number of pyridine rings is 1. The molecule has 1 saturated heterocycles. The predicted octanol–water partition coefficient (Wildman–Crippen LogP) is 1.90. The summed E-state index contributed by atoms with van der Waals surface area (Å²) < 4.78 is 5.21. The van der Waals surface area contributed by atoms with E-state index in [1.165, 1.54) is 0 Å². The fraction of sp³-hybridized carbons (Fsp3) is 0.533. The van der Waals surface area contributed by atoms with E-state index in [-0.39, 0.29) is 32.7 Å². The molecule has 1 aliphatic heterocycles. The van der Waals surface area contributed by atoms with Crippen LogP contribution in [0.15, 0.2) is 12.3 Å². The van der Waals surface area contributed by atoms with Gasteiger partial charge in [-0.05, 0) is 11.6 Å². The Morgan fingerprint density at radius 2 is 2.11 bits per heavy atom. The molecule has 1 radical (unpaired) electrons. The van der Waals surface area contributed by atoms with E-state index in [9.17, 15) is 5.11 Å². The molecule has 3 nitrogen and oxygen atoms in total. The van der Waals surface area contributed by atoms with Gasteiger partial charge in [0.1, 0.15) is 5.60 Å². The van der Waals surface area contributed by atoms with Gasteiger partial charge in [-0.2, -0.15) is 6.07 Å². The molecule has 1 aromatic rings. The molecule has 1 aliphatic rings. The van der Waals surface area contributed by atoms with Gasteiger partial charge >= 0.3 is 0 Å². The first-order chi connectivity index (χ1) is 8.59. The molecule has 0 aliphatic carbocycles. The number of hydrogen-bond donors (Lipinski definition) is 1. The van der Waals surface area contributed by atoms with Crippen LogP contribution in [0.4, 0.5) is 0 Å². The zero-order valence-electron chi connectivity index (χ0n) is 11.4. The first kappa shape index (κ1) is 16.8. The maximum absolute atomic E-state index is 10.2. The van der Waals surface area contributed by atoms with Crippen molar-refractivity contribution in [2.45, 2.75) is 38.2 Å². The van der Waals surface area contributed by atoms with E-state index in [0.717, 1.165) is 5.56 Å². The van der Waals surface area contributed by atoms with E-state index < -0.39 is 5.60 Å². The van der Waals surface area contributed by atoms with E-state index in [4.69, 9.17) is 4.74 Å². The van der Waals surface area contributed by atoms with Crippen molar-refractivity contribution in [3.63, 3.8) is 0 Å². The van der Waals surface area contributed by atoms with Crippen LogP contribution in [0.5, 0.6) is 0 Å². The molecular formula is C15H18NO2Y-. The molecule has 0 atom stereocenters. The molecule has 1 N–H and O–H groups in total. The van der Waals surface area contributed by atoms with Crippen LogP contribution in [-0.4, -0.2) is 28.9 Å². The van der Waals surface area contributed by atoms with Gasteiger partial charge in [0.05, 0.1) is 13.2 Å². The fourth-order valence-electron chi connectivity index (χ4n) is 1.76. The number of nitrogens with zero attached hydrogens (tertiary/aromatic N) is 1. The number of aromatic nitrogens is 1. The zero-order chi connectivity index (χ0) is 13.0. The minimum atomic E-state index is -0.920. The average Bonchev–Trinajstić information content (AvgIpc) is 2.38. The summed E-state index contributed by atoms with van der Waals surface area (Å²) in [6.07, 6.45) is 2.92. The molecule has 1 fully saturated rings. The van der Waals surface area contributed by atoms with Gasteiger partial charge in [-0.15, -0.1) is 17.6 Å². The molecule has 0 bridgehead atoms. The van der Waals surface area contributed by atoms with Crippen molar-refractivity contribution in [3.05, 3.63) is 29.6 Å². The summed E-state index contributed by atoms with van der Waals surface area (Å²) in [6.45, 7) is 5.33. The molecule has 99 valence electrons. The van der Waals surface area contributed by atoms with Gasteiger partial charge in [-0.25, -0.2) is 0 Å². The normalized spacial score (nSPS) is 17.3. The molecular weight excluding hydrogens is 315 g/mol. The SMILES string of the molecule is CC(C)c1[c-]cc(C#CC2(O)CCOCC2)nc1.[Y]. The Morgan fingerprint density at radius 1 is 1.42 bits per heavy atom. The zero-order valence-corrected chi connectivity index (χ0v) is 14.3. The topological polar surface area (TPSA) is 42.4 Å². The summed E-state index contributed by atoms with van der Waals surface area (Å²) in [7, 11) is 0. The van der Waals surface area contributed by atoms with Gasteiger partial charge in [0.15, 0.2) is 0 Å². The van der Waals surface area contributed by atoms with Crippen molar-refractivity contribution >= 4 is 0 Å². The molecule has 4 heteroatoms. The summed E-state index contributed by atoms with van der Waals surface area (Å²) >= 11 is 0. The van der Waals surface area contributed by atoms with Crippen LogP contribution < -0.4 is 0 Å². The van der Waals surface area contributed by atoms with Crippen molar-refractivity contribution in [1.29, 1.82) is 0 Å². The molecule has 0 aromatic carbocycles. The molecule has 0 spiro atoms. The van der Waals surface area contributed by atoms with Crippen LogP contribution in [0.3, 0.4) is 0 Å². The summed E-state index contributed by atoms with van der Waals surface area (Å²) in [6, 6.07) is 4.95. The van der Waals surface area contributed by atoms with Crippen molar-refractivity contribution in [3.8, 4) is 11.8 Å². The second-order valence-corrected chi connectivity index (χ2v) is 4.94. The predicted molar refractivity (Wildman–Crippen MR) is 69.0 cm³/mol. The monoisotopic (exact) mass is 333 g/mol. The third-order valence-electron chi connectivity index (χ3n) is 3.08. The Kier molecular flexibility index (Phi) is 6.63. The van der Waals surface area contributed by atoms with Crippen molar-refractivity contribution in [1.82, 2.24) is 4.98 Å². The first-order valence-electron chi connectivity index (χ1n) is 6.30. The standard InChI is InChI=1S/C15H18NO2.Y/c1-12(2)13-3-4-14(16-11-13)5-6-15(17)7-9-18-10-8-15;/h4,11-12,17H,7-10H2,1-2H3;/q-1;. The second-order valence-electron chi connectivity index (χ2n) is 4.94. The average molecular weight is 333 g/mol. The van der Waals surface area contributed by atoms with E-state index in [2.05, 4.69) is 36.7 Å². The van der Waals surface area contributed by atoms with E-state index >= 15 is 0 Å². The summed E-state index contributed by atoms with van der Waals surface area (Å²) in [5, 5.41) is 10.2. The number of rotatable bonds is 1. The van der Waals surface area contributed by atoms with E-state index in [1.807, 2.05) is 0 Å². The Morgan fingerprint density at radius 3 is 2.63 bits per heavy atom. The number of ether oxygens (including phenoxy) is 1. The maximum atomic E-state index is 10.2. The van der Waals surface area contributed by atoms with Crippen LogP contribution >= 0.6 is 0 Å². The Balaban J connectivity index is 0.00000180. The molecule has 2 rings (SSSR count). The minimum Gasteiger partial charge on any atom is -0.381 e. The van der Waals surface area contributed by atoms with Gasteiger partial charge < -0.3 is 14.8 Å². The Hall–Kier alpha value is -0.266. The summed E-state index contributed by atoms with van der Waals surface area (Å²) in [5.41, 5.74) is 0.807. The summed E-state index contributed by atoms with van der Waals surface area (Å²) in [5.74, 6) is 6.25. The summed E-state index contributed by atoms with van der Waals surface area (Å²) in [4.78, 5) is 4.27. The fourth-order valence-corrected chi connectivity index (χ4v) is 1.76. The molecule has 0 amide bonds. The second kappa shape index (κ2) is 7.50. The molecule has 0 unspecified atom stereocenters. The number of hydrogen-bond acceptors (Lipinski definition) is 3. The van der Waals surface area contributed by atoms with Gasteiger partial charge in [-0.1, -0.05) is 26.0 Å².